The molecule has 0 spiro atoms. The number of nitrogens with two attached hydrogens (primary N) is 1. The topological polar surface area (TPSA) is 248 Å². The molecule has 5 aromatic rings. The standard InChI is InChI=1S/C22H23FN10O10P2/c23-14-17-12(41-22(14)33-9-29-16-19-25-1-2-31(19)7-30-21(16)33)5-39-44(34,35)42-10-3-13(40-11(10)4-38-45(36,37)43-17)32-8-28-15-18(24)26-6-27-20(15)32/h1-2,6-14,17,22H,3-5H2,(H,34,35)(H,36,37)(H2,24,26,27)/t10-,11+,12+,13+,14+,17+,22+/m0/s1. The second-order valence-corrected chi connectivity index (χ2v) is 13.2. The Balaban J connectivity index is 1.06. The molecule has 5 aromatic heterocycles. The maximum absolute atomic E-state index is 16.0. The summed E-state index contributed by atoms with van der Waals surface area (Å²) in [5, 5.41) is 0. The first kappa shape index (κ1) is 28.9. The van der Waals surface area contributed by atoms with Crippen LogP contribution in [0, 0.1) is 0 Å². The number of nitrogens with zero attached hydrogens (tertiary/aromatic N) is 9. The molecular weight excluding hydrogens is 645 g/mol. The van der Waals surface area contributed by atoms with Crippen molar-refractivity contribution in [2.75, 3.05) is 18.9 Å². The van der Waals surface area contributed by atoms with Gasteiger partial charge in [0.05, 0.1) is 25.9 Å². The van der Waals surface area contributed by atoms with Crippen molar-refractivity contribution in [2.24, 2.45) is 0 Å². The zero-order valence-electron chi connectivity index (χ0n) is 22.7. The van der Waals surface area contributed by atoms with Gasteiger partial charge in [-0.15, -0.1) is 0 Å². The molecule has 9 atom stereocenters. The quantitative estimate of drug-likeness (QED) is 0.222. The van der Waals surface area contributed by atoms with Crippen LogP contribution in [-0.2, 0) is 36.7 Å². The smallest absolute Gasteiger partial charge is 0.382 e. The van der Waals surface area contributed by atoms with E-state index in [1.54, 1.807) is 16.8 Å². The lowest BCUT2D eigenvalue weighted by Gasteiger charge is -2.27. The Labute approximate surface area is 250 Å². The molecule has 0 radical (unpaired) electrons. The number of rotatable bonds is 2. The van der Waals surface area contributed by atoms with Crippen molar-refractivity contribution in [1.29, 1.82) is 0 Å². The van der Waals surface area contributed by atoms with Crippen LogP contribution in [0.3, 0.4) is 0 Å². The van der Waals surface area contributed by atoms with Gasteiger partial charge in [0.1, 0.15) is 48.8 Å². The molecule has 8 heterocycles. The number of alkyl halides is 1. The van der Waals surface area contributed by atoms with Crippen LogP contribution in [-0.4, -0.2) is 97.0 Å². The van der Waals surface area contributed by atoms with E-state index in [0.29, 0.717) is 22.3 Å². The maximum Gasteiger partial charge on any atom is 0.472 e. The number of hydrogen-bond acceptors (Lipinski definition) is 15. The number of aromatic nitrogens is 9. The molecule has 0 aromatic carbocycles. The average Bonchev–Trinajstić information content (AvgIpc) is 3.81. The van der Waals surface area contributed by atoms with E-state index in [2.05, 4.69) is 29.9 Å². The van der Waals surface area contributed by atoms with Crippen molar-refractivity contribution in [3.63, 3.8) is 0 Å². The van der Waals surface area contributed by atoms with Crippen LogP contribution < -0.4 is 5.73 Å². The molecular formula is C22H23FN10O10P2. The Morgan fingerprint density at radius 2 is 1.56 bits per heavy atom. The summed E-state index contributed by atoms with van der Waals surface area (Å²) in [5.41, 5.74) is 7.48. The van der Waals surface area contributed by atoms with Crippen LogP contribution in [0.2, 0.25) is 0 Å². The second kappa shape index (κ2) is 10.5. The lowest BCUT2D eigenvalue weighted by Crippen LogP contribution is -2.35. The average molecular weight is 668 g/mol. The summed E-state index contributed by atoms with van der Waals surface area (Å²) < 4.78 is 79.4. The summed E-state index contributed by atoms with van der Waals surface area (Å²) in [6, 6.07) is 0. The largest absolute Gasteiger partial charge is 0.472 e. The second-order valence-electron chi connectivity index (χ2n) is 10.4. The summed E-state index contributed by atoms with van der Waals surface area (Å²) in [5.74, 6) is 0.128. The van der Waals surface area contributed by atoms with Crippen molar-refractivity contribution in [3.8, 4) is 0 Å². The molecule has 3 fully saturated rings. The number of hydrogen-bond donors (Lipinski definition) is 3. The van der Waals surface area contributed by atoms with Gasteiger partial charge in [0.25, 0.3) is 0 Å². The number of phosphoric ester groups is 2. The van der Waals surface area contributed by atoms with Gasteiger partial charge in [-0.25, -0.2) is 43.4 Å². The van der Waals surface area contributed by atoms with Gasteiger partial charge in [0, 0.05) is 18.8 Å². The Morgan fingerprint density at radius 3 is 2.40 bits per heavy atom. The Bertz CT molecular complexity index is 2020. The highest BCUT2D eigenvalue weighted by Crippen LogP contribution is 2.54. The van der Waals surface area contributed by atoms with E-state index in [0.717, 1.165) is 0 Å². The van der Waals surface area contributed by atoms with E-state index >= 15 is 4.39 Å². The van der Waals surface area contributed by atoms with Crippen molar-refractivity contribution in [3.05, 3.63) is 37.7 Å². The molecule has 0 bridgehead atoms. The molecule has 0 aliphatic carbocycles. The predicted molar refractivity (Wildman–Crippen MR) is 145 cm³/mol. The van der Waals surface area contributed by atoms with Gasteiger partial charge < -0.3 is 25.0 Å². The number of nitrogen functional groups attached to an aromatic ring is 1. The molecule has 3 aliphatic heterocycles. The maximum atomic E-state index is 16.0. The summed E-state index contributed by atoms with van der Waals surface area (Å²) >= 11 is 0. The lowest BCUT2D eigenvalue weighted by molar-refractivity contribution is -0.0661. The Morgan fingerprint density at radius 1 is 0.822 bits per heavy atom. The number of anilines is 1. The highest BCUT2D eigenvalue weighted by Gasteiger charge is 2.53. The van der Waals surface area contributed by atoms with E-state index in [4.69, 9.17) is 33.3 Å². The highest BCUT2D eigenvalue weighted by molar-refractivity contribution is 7.47. The van der Waals surface area contributed by atoms with Crippen LogP contribution in [0.4, 0.5) is 10.2 Å². The van der Waals surface area contributed by atoms with Gasteiger partial charge >= 0.3 is 15.6 Å². The fourth-order valence-electron chi connectivity index (χ4n) is 5.64. The van der Waals surface area contributed by atoms with E-state index in [-0.39, 0.29) is 17.9 Å². The summed E-state index contributed by atoms with van der Waals surface area (Å²) in [6.45, 7) is -1.41. The number of imidazole rings is 3. The van der Waals surface area contributed by atoms with E-state index in [9.17, 15) is 18.9 Å². The molecule has 45 heavy (non-hydrogen) atoms. The number of halogens is 1. The summed E-state index contributed by atoms with van der Waals surface area (Å²) in [7, 11) is -9.83. The third-order valence-electron chi connectivity index (χ3n) is 7.70. The normalized spacial score (nSPS) is 36.2. The lowest BCUT2D eigenvalue weighted by atomic mass is 10.1. The fraction of sp³-hybridized carbons (Fsp3) is 0.455. The first-order valence-corrected chi connectivity index (χ1v) is 16.4. The third kappa shape index (κ3) is 5.01. The Hall–Kier alpha value is -3.49. The predicted octanol–water partition coefficient (Wildman–Crippen LogP) is 1.04. The molecule has 8 rings (SSSR count). The molecule has 2 unspecified atom stereocenters. The van der Waals surface area contributed by atoms with Crippen molar-refractivity contribution in [1.82, 2.24) is 43.4 Å². The minimum absolute atomic E-state index is 0.0461. The van der Waals surface area contributed by atoms with E-state index in [1.165, 1.54) is 34.4 Å². The molecule has 0 amide bonds. The number of ether oxygens (including phenoxy) is 2. The first-order valence-electron chi connectivity index (χ1n) is 13.4. The van der Waals surface area contributed by atoms with Gasteiger partial charge in [-0.2, -0.15) is 0 Å². The highest BCUT2D eigenvalue weighted by atomic mass is 31.2. The molecule has 3 saturated heterocycles. The number of phosphoric acid groups is 2. The summed E-state index contributed by atoms with van der Waals surface area (Å²) in [6.07, 6.45) is -1.55. The zero-order valence-corrected chi connectivity index (χ0v) is 24.5. The first-order chi connectivity index (χ1) is 21.6. The third-order valence-corrected chi connectivity index (χ3v) is 9.70. The van der Waals surface area contributed by atoms with Gasteiger partial charge in [-0.1, -0.05) is 0 Å². The van der Waals surface area contributed by atoms with Crippen LogP contribution in [0.15, 0.2) is 37.7 Å². The molecule has 238 valence electrons. The minimum atomic E-state index is -4.98. The monoisotopic (exact) mass is 668 g/mol. The van der Waals surface area contributed by atoms with Crippen LogP contribution in [0.25, 0.3) is 28.0 Å². The van der Waals surface area contributed by atoms with Gasteiger partial charge in [-0.3, -0.25) is 31.6 Å². The van der Waals surface area contributed by atoms with Gasteiger partial charge in [-0.05, 0) is 0 Å². The van der Waals surface area contributed by atoms with Crippen LogP contribution in [0.5, 0.6) is 0 Å². The van der Waals surface area contributed by atoms with Gasteiger partial charge in [0.2, 0.25) is 0 Å². The molecule has 23 heteroatoms. The van der Waals surface area contributed by atoms with Crippen LogP contribution >= 0.6 is 15.6 Å². The van der Waals surface area contributed by atoms with Crippen LogP contribution in [0.1, 0.15) is 18.9 Å². The fourth-order valence-corrected chi connectivity index (χ4v) is 7.56. The van der Waals surface area contributed by atoms with E-state index < -0.39 is 71.9 Å². The van der Waals surface area contributed by atoms with Crippen molar-refractivity contribution < 1.29 is 50.9 Å². The number of fused-ring (bicyclic) bond motifs is 6. The molecule has 0 saturated carbocycles. The minimum Gasteiger partial charge on any atom is -0.382 e. The zero-order chi connectivity index (χ0) is 31.1. The van der Waals surface area contributed by atoms with Crippen molar-refractivity contribution in [2.45, 2.75) is 49.5 Å². The Kier molecular flexibility index (Phi) is 6.77. The van der Waals surface area contributed by atoms with Gasteiger partial charge in [0.15, 0.2) is 40.7 Å². The van der Waals surface area contributed by atoms with E-state index in [1.807, 2.05) is 0 Å². The van der Waals surface area contributed by atoms with Crippen molar-refractivity contribution >= 4 is 49.4 Å². The summed E-state index contributed by atoms with van der Waals surface area (Å²) in [4.78, 5) is 46.2. The molecule has 3 aliphatic rings. The molecule has 4 N–H and O–H groups in total. The molecule has 20 nitrogen and oxygen atoms in total. The SMILES string of the molecule is Nc1ncnc2c1ncn2[C@H]1C[C@@H]2OP(=O)(O)OC[C@H]3O[C@@H](n4cnc5c4ncn4ccnc54)[C@H](F)[C@@H]3OP(=O)(O)OC[C@H]2O1.